The standard InChI is InChI=1S/C16H26BrF2N3/c17-15-12-14(21-22-20)11-10-13(15)8-6-4-2-1-3-5-7-9-16(18)19/h10-12,16,21-22H,1-9,20H2. The van der Waals surface area contributed by atoms with Crippen molar-refractivity contribution in [3.05, 3.63) is 28.2 Å². The van der Waals surface area contributed by atoms with Crippen LogP contribution in [-0.2, 0) is 6.42 Å². The third kappa shape index (κ3) is 8.66. The van der Waals surface area contributed by atoms with E-state index in [2.05, 4.69) is 33.0 Å². The number of aryl methyl sites for hydroxylation is 1. The number of hydrazine groups is 2. The Labute approximate surface area is 140 Å². The van der Waals surface area contributed by atoms with Crippen LogP contribution in [0, 0.1) is 0 Å². The van der Waals surface area contributed by atoms with E-state index in [0.717, 1.165) is 42.3 Å². The average Bonchev–Trinajstić information content (AvgIpc) is 2.47. The minimum absolute atomic E-state index is 0.0541. The van der Waals surface area contributed by atoms with Gasteiger partial charge in [-0.3, -0.25) is 5.84 Å². The van der Waals surface area contributed by atoms with Gasteiger partial charge in [-0.05, 0) is 37.0 Å². The smallest absolute Gasteiger partial charge is 0.238 e. The van der Waals surface area contributed by atoms with Gasteiger partial charge in [0, 0.05) is 10.9 Å². The zero-order valence-electron chi connectivity index (χ0n) is 12.9. The Morgan fingerprint density at radius 1 is 1.00 bits per heavy atom. The van der Waals surface area contributed by atoms with Crippen LogP contribution < -0.4 is 16.8 Å². The zero-order chi connectivity index (χ0) is 16.2. The third-order valence-corrected chi connectivity index (χ3v) is 4.38. The first kappa shape index (κ1) is 19.3. The molecule has 22 heavy (non-hydrogen) atoms. The van der Waals surface area contributed by atoms with Crippen LogP contribution in [0.2, 0.25) is 0 Å². The first-order valence-corrected chi connectivity index (χ1v) is 8.71. The van der Waals surface area contributed by atoms with Gasteiger partial charge < -0.3 is 5.43 Å². The lowest BCUT2D eigenvalue weighted by Gasteiger charge is -2.08. The molecule has 0 unspecified atom stereocenters. The van der Waals surface area contributed by atoms with Crippen LogP contribution in [0.25, 0.3) is 0 Å². The SMILES string of the molecule is NNNc1ccc(CCCCCCCCCC(F)F)c(Br)c1. The van der Waals surface area contributed by atoms with Crippen molar-refractivity contribution in [3.63, 3.8) is 0 Å². The van der Waals surface area contributed by atoms with Crippen LogP contribution in [-0.4, -0.2) is 6.43 Å². The molecule has 0 atom stereocenters. The van der Waals surface area contributed by atoms with Crippen molar-refractivity contribution in [2.24, 2.45) is 5.84 Å². The van der Waals surface area contributed by atoms with Gasteiger partial charge >= 0.3 is 0 Å². The minimum Gasteiger partial charge on any atom is -0.308 e. The Hall–Kier alpha value is -0.720. The summed E-state index contributed by atoms with van der Waals surface area (Å²) in [5.41, 5.74) is 7.45. The maximum absolute atomic E-state index is 12.0. The van der Waals surface area contributed by atoms with E-state index in [1.54, 1.807) is 0 Å². The third-order valence-electron chi connectivity index (χ3n) is 3.64. The lowest BCUT2D eigenvalue weighted by Crippen LogP contribution is -2.28. The molecule has 126 valence electrons. The maximum atomic E-state index is 12.0. The Kier molecular flexibility index (Phi) is 10.4. The molecule has 1 aromatic rings. The van der Waals surface area contributed by atoms with E-state index in [1.165, 1.54) is 18.4 Å². The van der Waals surface area contributed by atoms with E-state index < -0.39 is 6.43 Å². The summed E-state index contributed by atoms with van der Waals surface area (Å²) in [5, 5.41) is 0. The van der Waals surface area contributed by atoms with Gasteiger partial charge in [-0.15, -0.1) is 0 Å². The second kappa shape index (κ2) is 11.8. The molecule has 0 bridgehead atoms. The van der Waals surface area contributed by atoms with Crippen molar-refractivity contribution in [2.75, 3.05) is 5.43 Å². The van der Waals surface area contributed by atoms with Crippen LogP contribution in [0.3, 0.4) is 0 Å². The first-order valence-electron chi connectivity index (χ1n) is 7.91. The lowest BCUT2D eigenvalue weighted by atomic mass is 10.0. The predicted octanol–water partition coefficient (Wildman–Crippen LogP) is 5.17. The first-order chi connectivity index (χ1) is 10.6. The second-order valence-electron chi connectivity index (χ2n) is 5.48. The number of rotatable bonds is 12. The largest absolute Gasteiger partial charge is 0.308 e. The molecule has 0 radical (unpaired) electrons. The highest BCUT2D eigenvalue weighted by Crippen LogP contribution is 2.23. The summed E-state index contributed by atoms with van der Waals surface area (Å²) in [7, 11) is 0. The lowest BCUT2D eigenvalue weighted by molar-refractivity contribution is 0.133. The van der Waals surface area contributed by atoms with Crippen molar-refractivity contribution in [3.8, 4) is 0 Å². The van der Waals surface area contributed by atoms with Gasteiger partial charge in [-0.2, -0.15) is 5.53 Å². The molecule has 0 aliphatic carbocycles. The summed E-state index contributed by atoms with van der Waals surface area (Å²) in [6, 6.07) is 6.08. The van der Waals surface area contributed by atoms with E-state index in [-0.39, 0.29) is 6.42 Å². The molecule has 0 fully saturated rings. The highest BCUT2D eigenvalue weighted by molar-refractivity contribution is 9.10. The number of nitrogens with two attached hydrogens (primary N) is 1. The Balaban J connectivity index is 2.07. The molecule has 0 aliphatic heterocycles. The fourth-order valence-corrected chi connectivity index (χ4v) is 2.99. The van der Waals surface area contributed by atoms with E-state index >= 15 is 0 Å². The number of alkyl halides is 2. The normalized spacial score (nSPS) is 11.1. The Morgan fingerprint density at radius 3 is 2.23 bits per heavy atom. The summed E-state index contributed by atoms with van der Waals surface area (Å²) in [6.45, 7) is 0. The molecule has 1 rings (SSSR count). The van der Waals surface area contributed by atoms with Crippen molar-refractivity contribution in [1.82, 2.24) is 5.53 Å². The number of anilines is 1. The van der Waals surface area contributed by atoms with Gasteiger partial charge in [0.25, 0.3) is 0 Å². The monoisotopic (exact) mass is 377 g/mol. The maximum Gasteiger partial charge on any atom is 0.238 e. The number of unbranched alkanes of at least 4 members (excludes halogenated alkanes) is 6. The fourth-order valence-electron chi connectivity index (χ4n) is 2.41. The van der Waals surface area contributed by atoms with Crippen molar-refractivity contribution in [1.29, 1.82) is 0 Å². The van der Waals surface area contributed by atoms with Crippen LogP contribution in [0.15, 0.2) is 22.7 Å². The second-order valence-corrected chi connectivity index (χ2v) is 6.33. The molecule has 1 aromatic carbocycles. The molecule has 0 spiro atoms. The van der Waals surface area contributed by atoms with Crippen molar-refractivity contribution >= 4 is 21.6 Å². The van der Waals surface area contributed by atoms with Gasteiger partial charge in [0.1, 0.15) is 0 Å². The molecular weight excluding hydrogens is 352 g/mol. The molecule has 0 amide bonds. The summed E-state index contributed by atoms with van der Waals surface area (Å²) >= 11 is 3.57. The fraction of sp³-hybridized carbons (Fsp3) is 0.625. The molecule has 0 saturated carbocycles. The number of hydrogen-bond acceptors (Lipinski definition) is 3. The molecule has 0 heterocycles. The summed E-state index contributed by atoms with van der Waals surface area (Å²) in [5.74, 6) is 5.21. The van der Waals surface area contributed by atoms with Crippen LogP contribution in [0.4, 0.5) is 14.5 Å². The molecule has 0 aromatic heterocycles. The van der Waals surface area contributed by atoms with Gasteiger partial charge in [0.2, 0.25) is 6.43 Å². The number of benzene rings is 1. The minimum atomic E-state index is -2.14. The van der Waals surface area contributed by atoms with Crippen LogP contribution in [0.1, 0.15) is 56.9 Å². The topological polar surface area (TPSA) is 50.1 Å². The summed E-state index contributed by atoms with van der Waals surface area (Å²) in [4.78, 5) is 0. The van der Waals surface area contributed by atoms with Crippen molar-refractivity contribution in [2.45, 2.75) is 64.2 Å². The molecule has 4 N–H and O–H groups in total. The van der Waals surface area contributed by atoms with E-state index in [4.69, 9.17) is 5.84 Å². The highest BCUT2D eigenvalue weighted by atomic mass is 79.9. The predicted molar refractivity (Wildman–Crippen MR) is 91.7 cm³/mol. The molecule has 6 heteroatoms. The van der Waals surface area contributed by atoms with Gasteiger partial charge in [-0.1, -0.05) is 54.1 Å². The average molecular weight is 378 g/mol. The molecular formula is C16H26BrF2N3. The molecule has 0 saturated heterocycles. The Morgan fingerprint density at radius 2 is 1.64 bits per heavy atom. The number of nitrogens with one attached hydrogen (secondary N) is 2. The number of hydrogen-bond donors (Lipinski definition) is 3. The van der Waals surface area contributed by atoms with E-state index in [0.29, 0.717) is 6.42 Å². The van der Waals surface area contributed by atoms with Gasteiger partial charge in [0.05, 0.1) is 5.69 Å². The summed E-state index contributed by atoms with van der Waals surface area (Å²) in [6.07, 6.45) is 6.29. The zero-order valence-corrected chi connectivity index (χ0v) is 14.5. The number of halogens is 3. The molecule has 0 aliphatic rings. The highest BCUT2D eigenvalue weighted by Gasteiger charge is 2.02. The van der Waals surface area contributed by atoms with Crippen molar-refractivity contribution < 1.29 is 8.78 Å². The Bertz CT molecular complexity index is 416. The van der Waals surface area contributed by atoms with E-state index in [9.17, 15) is 8.78 Å². The van der Waals surface area contributed by atoms with Crippen LogP contribution >= 0.6 is 15.9 Å². The quantitative estimate of drug-likeness (QED) is 0.267. The van der Waals surface area contributed by atoms with E-state index in [1.807, 2.05) is 12.1 Å². The van der Waals surface area contributed by atoms with Crippen LogP contribution in [0.5, 0.6) is 0 Å². The van der Waals surface area contributed by atoms with Gasteiger partial charge in [0.15, 0.2) is 0 Å². The molecule has 3 nitrogen and oxygen atoms in total. The summed E-state index contributed by atoms with van der Waals surface area (Å²) < 4.78 is 25.0. The van der Waals surface area contributed by atoms with Gasteiger partial charge in [-0.25, -0.2) is 8.78 Å².